The third kappa shape index (κ3) is 2.88. The molecule has 118 valence electrons. The standard InChI is InChI=1S/C19H24O3/c1-7-8-13-12(4)16(10-15(13)20)22-18(21)17-14(9-11(2)3)19(17,5)6/h1,9,14,16-17H,8,10H2,2-6H3. The number of hydrogen-bond acceptors (Lipinski definition) is 3. The van der Waals surface area contributed by atoms with Gasteiger partial charge in [-0.05, 0) is 37.7 Å². The number of carbonyl (C=O) groups is 2. The number of allylic oxidation sites excluding steroid dienone is 3. The number of esters is 1. The summed E-state index contributed by atoms with van der Waals surface area (Å²) in [5.74, 6) is 2.39. The van der Waals surface area contributed by atoms with Crippen LogP contribution in [0.3, 0.4) is 0 Å². The Hall–Kier alpha value is -1.82. The third-order valence-corrected chi connectivity index (χ3v) is 4.88. The van der Waals surface area contributed by atoms with Gasteiger partial charge in [0, 0.05) is 12.0 Å². The highest BCUT2D eigenvalue weighted by Crippen LogP contribution is 2.60. The fourth-order valence-electron chi connectivity index (χ4n) is 3.34. The van der Waals surface area contributed by atoms with E-state index in [2.05, 4.69) is 25.8 Å². The second kappa shape index (κ2) is 5.76. The van der Waals surface area contributed by atoms with Crippen LogP contribution in [0.5, 0.6) is 0 Å². The third-order valence-electron chi connectivity index (χ3n) is 4.88. The summed E-state index contributed by atoms with van der Waals surface area (Å²) in [6.45, 7) is 10.1. The van der Waals surface area contributed by atoms with Crippen LogP contribution in [-0.2, 0) is 14.3 Å². The second-order valence-electron chi connectivity index (χ2n) is 7.16. The van der Waals surface area contributed by atoms with Gasteiger partial charge in [-0.25, -0.2) is 0 Å². The quantitative estimate of drug-likeness (QED) is 0.454. The van der Waals surface area contributed by atoms with Crippen LogP contribution >= 0.6 is 0 Å². The molecule has 3 unspecified atom stereocenters. The molecule has 0 aromatic rings. The fraction of sp³-hybridized carbons (Fsp3) is 0.579. The molecule has 0 radical (unpaired) electrons. The summed E-state index contributed by atoms with van der Waals surface area (Å²) in [7, 11) is 0. The van der Waals surface area contributed by atoms with Gasteiger partial charge in [-0.3, -0.25) is 9.59 Å². The molecule has 0 aliphatic heterocycles. The number of hydrogen-bond donors (Lipinski definition) is 0. The van der Waals surface area contributed by atoms with Crippen LogP contribution < -0.4 is 0 Å². The van der Waals surface area contributed by atoms with Crippen molar-refractivity contribution in [2.45, 2.75) is 53.6 Å². The average Bonchev–Trinajstić information content (AvgIpc) is 2.83. The Kier molecular flexibility index (Phi) is 4.33. The predicted molar refractivity (Wildman–Crippen MR) is 85.8 cm³/mol. The van der Waals surface area contributed by atoms with Crippen LogP contribution in [0.25, 0.3) is 0 Å². The summed E-state index contributed by atoms with van der Waals surface area (Å²) in [4.78, 5) is 24.4. The first-order valence-electron chi connectivity index (χ1n) is 7.72. The van der Waals surface area contributed by atoms with Gasteiger partial charge in [-0.2, -0.15) is 0 Å². The van der Waals surface area contributed by atoms with Crippen molar-refractivity contribution in [1.82, 2.24) is 0 Å². The number of Topliss-reactive ketones (excluding diaryl/α,β-unsaturated/α-hetero) is 1. The summed E-state index contributed by atoms with van der Waals surface area (Å²) >= 11 is 0. The minimum absolute atomic E-state index is 0.00385. The van der Waals surface area contributed by atoms with Gasteiger partial charge in [0.15, 0.2) is 5.78 Å². The molecular weight excluding hydrogens is 276 g/mol. The summed E-state index contributed by atoms with van der Waals surface area (Å²) in [6.07, 6.45) is 7.53. The molecular formula is C19H24O3. The lowest BCUT2D eigenvalue weighted by Crippen LogP contribution is -2.20. The SMILES string of the molecule is C#CCC1=C(C)C(OC(=O)C2C(C=C(C)C)C2(C)C)CC1=O. The molecule has 2 rings (SSSR count). The summed E-state index contributed by atoms with van der Waals surface area (Å²) < 4.78 is 5.63. The molecule has 0 aromatic carbocycles. The lowest BCUT2D eigenvalue weighted by Gasteiger charge is -2.13. The molecule has 1 fully saturated rings. The molecule has 3 atom stereocenters. The number of terminal acetylenes is 1. The normalized spacial score (nSPS) is 29.1. The van der Waals surface area contributed by atoms with E-state index in [0.717, 1.165) is 5.57 Å². The lowest BCUT2D eigenvalue weighted by molar-refractivity contribution is -0.150. The first-order valence-corrected chi connectivity index (χ1v) is 7.72. The Balaban J connectivity index is 2.07. The number of rotatable bonds is 4. The molecule has 0 heterocycles. The number of ketones is 1. The van der Waals surface area contributed by atoms with Crippen LogP contribution in [0.15, 0.2) is 22.8 Å². The highest BCUT2D eigenvalue weighted by Gasteiger charge is 2.61. The monoisotopic (exact) mass is 300 g/mol. The highest BCUT2D eigenvalue weighted by molar-refractivity contribution is 6.00. The minimum Gasteiger partial charge on any atom is -0.457 e. The van der Waals surface area contributed by atoms with Crippen molar-refractivity contribution in [3.63, 3.8) is 0 Å². The Morgan fingerprint density at radius 1 is 1.45 bits per heavy atom. The molecule has 0 N–H and O–H groups in total. The maximum atomic E-state index is 12.5. The van der Waals surface area contributed by atoms with Crippen molar-refractivity contribution < 1.29 is 14.3 Å². The van der Waals surface area contributed by atoms with E-state index in [-0.39, 0.29) is 35.4 Å². The topological polar surface area (TPSA) is 43.4 Å². The Bertz CT molecular complexity index is 609. The fourth-order valence-corrected chi connectivity index (χ4v) is 3.34. The molecule has 1 saturated carbocycles. The van der Waals surface area contributed by atoms with Gasteiger partial charge in [-0.15, -0.1) is 12.3 Å². The van der Waals surface area contributed by atoms with E-state index in [4.69, 9.17) is 11.2 Å². The maximum absolute atomic E-state index is 12.5. The van der Waals surface area contributed by atoms with E-state index in [1.165, 1.54) is 5.57 Å². The van der Waals surface area contributed by atoms with Crippen LogP contribution in [0.4, 0.5) is 0 Å². The van der Waals surface area contributed by atoms with Crippen molar-refractivity contribution >= 4 is 11.8 Å². The zero-order valence-corrected chi connectivity index (χ0v) is 14.0. The number of carbonyl (C=O) groups excluding carboxylic acids is 2. The van der Waals surface area contributed by atoms with Gasteiger partial charge in [0.2, 0.25) is 0 Å². The molecule has 22 heavy (non-hydrogen) atoms. The predicted octanol–water partition coefficient (Wildman–Crippen LogP) is 3.45. The minimum atomic E-state index is -0.438. The first kappa shape index (κ1) is 16.5. The molecule has 0 bridgehead atoms. The van der Waals surface area contributed by atoms with E-state index >= 15 is 0 Å². The van der Waals surface area contributed by atoms with Crippen molar-refractivity contribution in [3.8, 4) is 12.3 Å². The van der Waals surface area contributed by atoms with Gasteiger partial charge < -0.3 is 4.74 Å². The lowest BCUT2D eigenvalue weighted by atomic mass is 10.1. The maximum Gasteiger partial charge on any atom is 0.310 e. The van der Waals surface area contributed by atoms with E-state index in [1.54, 1.807) is 0 Å². The molecule has 0 amide bonds. The van der Waals surface area contributed by atoms with E-state index < -0.39 is 6.10 Å². The molecule has 3 nitrogen and oxygen atoms in total. The Morgan fingerprint density at radius 3 is 2.64 bits per heavy atom. The molecule has 0 saturated heterocycles. The van der Waals surface area contributed by atoms with Crippen molar-refractivity contribution in [1.29, 1.82) is 0 Å². The average molecular weight is 300 g/mol. The Labute approximate surface area is 132 Å². The molecule has 0 spiro atoms. The van der Waals surface area contributed by atoms with Gasteiger partial charge in [-0.1, -0.05) is 25.5 Å². The van der Waals surface area contributed by atoms with Crippen LogP contribution in [0.2, 0.25) is 0 Å². The first-order chi connectivity index (χ1) is 10.2. The van der Waals surface area contributed by atoms with Gasteiger partial charge >= 0.3 is 5.97 Å². The van der Waals surface area contributed by atoms with E-state index in [1.807, 2.05) is 20.8 Å². The highest BCUT2D eigenvalue weighted by atomic mass is 16.5. The van der Waals surface area contributed by atoms with Gasteiger partial charge in [0.25, 0.3) is 0 Å². The van der Waals surface area contributed by atoms with Crippen LogP contribution in [0, 0.1) is 29.6 Å². The summed E-state index contributed by atoms with van der Waals surface area (Å²) in [5.41, 5.74) is 2.58. The van der Waals surface area contributed by atoms with Crippen molar-refractivity contribution in [3.05, 3.63) is 22.8 Å². The van der Waals surface area contributed by atoms with Crippen molar-refractivity contribution in [2.75, 3.05) is 0 Å². The zero-order chi connectivity index (χ0) is 16.7. The second-order valence-corrected chi connectivity index (χ2v) is 7.16. The zero-order valence-electron chi connectivity index (χ0n) is 14.0. The van der Waals surface area contributed by atoms with Gasteiger partial charge in [0.05, 0.1) is 12.3 Å². The van der Waals surface area contributed by atoms with Crippen LogP contribution in [0.1, 0.15) is 47.5 Å². The van der Waals surface area contributed by atoms with Crippen LogP contribution in [-0.4, -0.2) is 17.9 Å². The Morgan fingerprint density at radius 2 is 2.09 bits per heavy atom. The molecule has 2 aliphatic carbocycles. The van der Waals surface area contributed by atoms with Crippen molar-refractivity contribution in [2.24, 2.45) is 17.3 Å². The molecule has 0 aromatic heterocycles. The van der Waals surface area contributed by atoms with E-state index in [9.17, 15) is 9.59 Å². The summed E-state index contributed by atoms with van der Waals surface area (Å²) in [6, 6.07) is 0. The number of ether oxygens (including phenoxy) is 1. The largest absolute Gasteiger partial charge is 0.457 e. The van der Waals surface area contributed by atoms with Gasteiger partial charge in [0.1, 0.15) is 6.10 Å². The van der Waals surface area contributed by atoms with E-state index in [0.29, 0.717) is 12.0 Å². The summed E-state index contributed by atoms with van der Waals surface area (Å²) in [5, 5.41) is 0. The molecule has 2 aliphatic rings. The smallest absolute Gasteiger partial charge is 0.310 e. The molecule has 3 heteroatoms.